The van der Waals surface area contributed by atoms with Gasteiger partial charge in [-0.25, -0.2) is 4.52 Å². The van der Waals surface area contributed by atoms with E-state index < -0.39 is 5.41 Å². The molecule has 0 fully saturated rings. The first-order valence-corrected chi connectivity index (χ1v) is 6.24. The highest BCUT2D eigenvalue weighted by Gasteiger charge is 2.21. The Morgan fingerprint density at radius 3 is 2.79 bits per heavy atom. The second kappa shape index (κ2) is 4.57. The van der Waals surface area contributed by atoms with Gasteiger partial charge in [0.2, 0.25) is 5.91 Å². The van der Waals surface area contributed by atoms with E-state index in [0.29, 0.717) is 5.56 Å². The number of aromatic nitrogens is 2. The minimum Gasteiger partial charge on any atom is -0.507 e. The Balaban J connectivity index is 2.31. The van der Waals surface area contributed by atoms with Crippen LogP contribution in [0.2, 0.25) is 0 Å². The zero-order chi connectivity index (χ0) is 14.2. The number of nitrogens with zero attached hydrogens (tertiary/aromatic N) is 2. The molecule has 0 bridgehead atoms. The molecule has 0 atom stereocenters. The monoisotopic (exact) mass is 261 g/mol. The molecular formula is C14H19N3O2. The average Bonchev–Trinajstić information content (AvgIpc) is 2.76. The van der Waals surface area contributed by atoms with Crippen LogP contribution in [0.4, 0.5) is 0 Å². The summed E-state index contributed by atoms with van der Waals surface area (Å²) in [6.45, 7) is 7.72. The molecular weight excluding hydrogens is 242 g/mol. The molecule has 0 aliphatic carbocycles. The smallest absolute Gasteiger partial charge is 0.225 e. The summed E-state index contributed by atoms with van der Waals surface area (Å²) in [5.41, 5.74) is 1.90. The molecule has 19 heavy (non-hydrogen) atoms. The van der Waals surface area contributed by atoms with Crippen LogP contribution in [0.3, 0.4) is 0 Å². The van der Waals surface area contributed by atoms with Crippen LogP contribution in [-0.2, 0) is 11.3 Å². The summed E-state index contributed by atoms with van der Waals surface area (Å²) in [5.74, 6) is 0.129. The molecule has 2 rings (SSSR count). The highest BCUT2D eigenvalue weighted by molar-refractivity contribution is 5.81. The van der Waals surface area contributed by atoms with Crippen molar-refractivity contribution in [3.8, 4) is 5.75 Å². The lowest BCUT2D eigenvalue weighted by Gasteiger charge is -2.18. The number of hydrogen-bond donors (Lipinski definition) is 2. The standard InChI is InChI=1S/C14H19N3O2/c1-9-7-12(18)10(11-5-6-16-17(9)11)8-15-13(19)14(2,3)4/h5-7,18H,8H2,1-4H3,(H,15,19). The maximum atomic E-state index is 11.9. The highest BCUT2D eigenvalue weighted by Crippen LogP contribution is 2.24. The van der Waals surface area contributed by atoms with Crippen molar-refractivity contribution in [1.29, 1.82) is 0 Å². The van der Waals surface area contributed by atoms with Gasteiger partial charge in [-0.1, -0.05) is 20.8 Å². The van der Waals surface area contributed by atoms with Crippen molar-refractivity contribution in [2.24, 2.45) is 5.41 Å². The number of pyridine rings is 1. The van der Waals surface area contributed by atoms with Gasteiger partial charge in [-0.05, 0) is 13.0 Å². The van der Waals surface area contributed by atoms with Crippen molar-refractivity contribution < 1.29 is 9.90 Å². The molecule has 5 nitrogen and oxygen atoms in total. The molecule has 5 heteroatoms. The van der Waals surface area contributed by atoms with Crippen LogP contribution in [-0.4, -0.2) is 20.6 Å². The van der Waals surface area contributed by atoms with Crippen molar-refractivity contribution in [1.82, 2.24) is 14.9 Å². The number of hydrogen-bond acceptors (Lipinski definition) is 3. The first-order valence-electron chi connectivity index (χ1n) is 6.24. The van der Waals surface area contributed by atoms with E-state index in [1.165, 1.54) is 0 Å². The van der Waals surface area contributed by atoms with Gasteiger partial charge in [0.25, 0.3) is 0 Å². The fourth-order valence-electron chi connectivity index (χ4n) is 1.91. The topological polar surface area (TPSA) is 66.6 Å². The summed E-state index contributed by atoms with van der Waals surface area (Å²) >= 11 is 0. The Hall–Kier alpha value is -2.04. The predicted octanol–water partition coefficient (Wildman–Crippen LogP) is 2.01. The number of aromatic hydroxyl groups is 1. The number of fused-ring (bicyclic) bond motifs is 1. The summed E-state index contributed by atoms with van der Waals surface area (Å²) in [7, 11) is 0. The SMILES string of the molecule is Cc1cc(O)c(CNC(=O)C(C)(C)C)c2ccnn12. The fraction of sp³-hybridized carbons (Fsp3) is 0.429. The van der Waals surface area contributed by atoms with Gasteiger partial charge < -0.3 is 10.4 Å². The second-order valence-electron chi connectivity index (χ2n) is 5.71. The third kappa shape index (κ3) is 2.54. The summed E-state index contributed by atoms with van der Waals surface area (Å²) in [4.78, 5) is 11.9. The summed E-state index contributed by atoms with van der Waals surface area (Å²) < 4.78 is 1.75. The zero-order valence-corrected chi connectivity index (χ0v) is 11.7. The molecule has 0 aliphatic rings. The predicted molar refractivity (Wildman–Crippen MR) is 72.9 cm³/mol. The Morgan fingerprint density at radius 1 is 1.47 bits per heavy atom. The van der Waals surface area contributed by atoms with E-state index in [2.05, 4.69) is 10.4 Å². The van der Waals surface area contributed by atoms with Crippen LogP contribution in [0.15, 0.2) is 18.3 Å². The highest BCUT2D eigenvalue weighted by atomic mass is 16.3. The largest absolute Gasteiger partial charge is 0.507 e. The number of aryl methyl sites for hydroxylation is 1. The Morgan fingerprint density at radius 2 is 2.16 bits per heavy atom. The van der Waals surface area contributed by atoms with E-state index in [0.717, 1.165) is 11.2 Å². The van der Waals surface area contributed by atoms with Crippen molar-refractivity contribution in [2.75, 3.05) is 0 Å². The molecule has 2 aromatic rings. The summed E-state index contributed by atoms with van der Waals surface area (Å²) in [5, 5.41) is 17.1. The number of nitrogens with one attached hydrogen (secondary N) is 1. The molecule has 0 aliphatic heterocycles. The van der Waals surface area contributed by atoms with Gasteiger partial charge in [-0.2, -0.15) is 5.10 Å². The third-order valence-corrected chi connectivity index (χ3v) is 3.05. The molecule has 2 heterocycles. The van der Waals surface area contributed by atoms with E-state index in [1.54, 1.807) is 16.8 Å². The van der Waals surface area contributed by atoms with Gasteiger partial charge in [0.05, 0.1) is 11.7 Å². The van der Waals surface area contributed by atoms with E-state index in [4.69, 9.17) is 0 Å². The normalized spacial score (nSPS) is 11.8. The minimum absolute atomic E-state index is 0.0508. The summed E-state index contributed by atoms with van der Waals surface area (Å²) in [6, 6.07) is 3.48. The molecule has 2 N–H and O–H groups in total. The van der Waals surface area contributed by atoms with Gasteiger partial charge >= 0.3 is 0 Å². The van der Waals surface area contributed by atoms with Gasteiger partial charge in [-0.3, -0.25) is 4.79 Å². The Labute approximate surface area is 112 Å². The van der Waals surface area contributed by atoms with E-state index >= 15 is 0 Å². The summed E-state index contributed by atoms with van der Waals surface area (Å²) in [6.07, 6.45) is 1.68. The molecule has 102 valence electrons. The van der Waals surface area contributed by atoms with Crippen molar-refractivity contribution >= 4 is 11.4 Å². The van der Waals surface area contributed by atoms with Crippen LogP contribution in [0.5, 0.6) is 5.75 Å². The number of carbonyl (C=O) groups excluding carboxylic acids is 1. The van der Waals surface area contributed by atoms with Crippen LogP contribution in [0.1, 0.15) is 32.0 Å². The molecule has 0 aromatic carbocycles. The maximum Gasteiger partial charge on any atom is 0.225 e. The van der Waals surface area contributed by atoms with Crippen LogP contribution >= 0.6 is 0 Å². The lowest BCUT2D eigenvalue weighted by molar-refractivity contribution is -0.128. The lowest BCUT2D eigenvalue weighted by atomic mass is 9.95. The quantitative estimate of drug-likeness (QED) is 0.869. The van der Waals surface area contributed by atoms with Crippen LogP contribution < -0.4 is 5.32 Å². The van der Waals surface area contributed by atoms with Gasteiger partial charge in [0.15, 0.2) is 0 Å². The average molecular weight is 261 g/mol. The molecule has 0 radical (unpaired) electrons. The van der Waals surface area contributed by atoms with Gasteiger partial charge in [0.1, 0.15) is 5.75 Å². The van der Waals surface area contributed by atoms with Gasteiger partial charge in [-0.15, -0.1) is 0 Å². The van der Waals surface area contributed by atoms with Crippen molar-refractivity contribution in [3.05, 3.63) is 29.6 Å². The zero-order valence-electron chi connectivity index (χ0n) is 11.7. The lowest BCUT2D eigenvalue weighted by Crippen LogP contribution is -2.34. The molecule has 0 spiro atoms. The van der Waals surface area contributed by atoms with Crippen LogP contribution in [0, 0.1) is 12.3 Å². The number of amides is 1. The second-order valence-corrected chi connectivity index (χ2v) is 5.71. The number of carbonyl (C=O) groups is 1. The molecule has 0 unspecified atom stereocenters. The maximum absolute atomic E-state index is 11.9. The first kappa shape index (κ1) is 13.4. The fourth-order valence-corrected chi connectivity index (χ4v) is 1.91. The molecule has 2 aromatic heterocycles. The molecule has 0 saturated carbocycles. The van der Waals surface area contributed by atoms with Gasteiger partial charge in [0, 0.05) is 29.3 Å². The van der Waals surface area contributed by atoms with Crippen LogP contribution in [0.25, 0.3) is 5.52 Å². The van der Waals surface area contributed by atoms with Crippen molar-refractivity contribution in [2.45, 2.75) is 34.2 Å². The van der Waals surface area contributed by atoms with Crippen molar-refractivity contribution in [3.63, 3.8) is 0 Å². The Kier molecular flexibility index (Phi) is 3.22. The van der Waals surface area contributed by atoms with E-state index in [1.807, 2.05) is 33.8 Å². The first-order chi connectivity index (χ1) is 8.80. The Bertz CT molecular complexity index is 623. The minimum atomic E-state index is -0.448. The molecule has 0 saturated heterocycles. The third-order valence-electron chi connectivity index (χ3n) is 3.05. The van der Waals surface area contributed by atoms with E-state index in [-0.39, 0.29) is 18.2 Å². The molecule has 1 amide bonds. The number of rotatable bonds is 2. The van der Waals surface area contributed by atoms with E-state index in [9.17, 15) is 9.90 Å².